The van der Waals surface area contributed by atoms with Crippen LogP contribution in [0.25, 0.3) is 11.1 Å². The molecule has 4 N–H and O–H groups in total. The number of nitrogens with two attached hydrogens (primary N) is 2. The van der Waals surface area contributed by atoms with Crippen molar-refractivity contribution in [1.82, 2.24) is 0 Å². The van der Waals surface area contributed by atoms with Gasteiger partial charge in [0.15, 0.2) is 0 Å². The number of amides is 1. The van der Waals surface area contributed by atoms with E-state index in [0.29, 0.717) is 11.3 Å². The summed E-state index contributed by atoms with van der Waals surface area (Å²) < 4.78 is 1.08. The van der Waals surface area contributed by atoms with E-state index >= 15 is 0 Å². The Hall–Kier alpha value is -1.56. The van der Waals surface area contributed by atoms with E-state index in [0.717, 1.165) is 14.7 Å². The largest absolute Gasteiger partial charge is 0.398 e. The van der Waals surface area contributed by atoms with E-state index in [4.69, 9.17) is 11.5 Å². The second kappa shape index (κ2) is 4.75. The summed E-state index contributed by atoms with van der Waals surface area (Å²) in [7, 11) is 0. The number of para-hydroxylation sites is 1. The van der Waals surface area contributed by atoms with Gasteiger partial charge in [-0.15, -0.1) is 0 Å². The minimum Gasteiger partial charge on any atom is -0.398 e. The monoisotopic (exact) mass is 338 g/mol. The van der Waals surface area contributed by atoms with E-state index in [1.807, 2.05) is 30.3 Å². The number of anilines is 1. The Kier molecular flexibility index (Phi) is 3.33. The highest BCUT2D eigenvalue weighted by atomic mass is 127. The smallest absolute Gasteiger partial charge is 0.250 e. The molecule has 0 saturated heterocycles. The lowest BCUT2D eigenvalue weighted by atomic mass is 10.0. The summed E-state index contributed by atoms with van der Waals surface area (Å²) in [5.41, 5.74) is 13.9. The van der Waals surface area contributed by atoms with Crippen LogP contribution in [-0.4, -0.2) is 5.91 Å². The van der Waals surface area contributed by atoms with Crippen molar-refractivity contribution in [1.29, 1.82) is 0 Å². The van der Waals surface area contributed by atoms with Crippen LogP contribution < -0.4 is 11.5 Å². The van der Waals surface area contributed by atoms with Crippen molar-refractivity contribution in [2.45, 2.75) is 0 Å². The minimum absolute atomic E-state index is 0.363. The fraction of sp³-hybridized carbons (Fsp3) is 0. The summed E-state index contributed by atoms with van der Waals surface area (Å²) in [6.07, 6.45) is 0. The Morgan fingerprint density at radius 1 is 1.00 bits per heavy atom. The fourth-order valence-electron chi connectivity index (χ4n) is 1.69. The van der Waals surface area contributed by atoms with Gasteiger partial charge >= 0.3 is 0 Å². The SMILES string of the molecule is NC(=O)c1cccc(-c2ccccc2I)c1N. The van der Waals surface area contributed by atoms with Crippen LogP contribution in [-0.2, 0) is 0 Å². The van der Waals surface area contributed by atoms with Crippen molar-refractivity contribution < 1.29 is 4.79 Å². The standard InChI is InChI=1S/C13H11IN2O/c14-11-7-2-1-4-8(11)9-5-3-6-10(12(9)15)13(16)17/h1-7H,15H2,(H2,16,17). The predicted octanol–water partition coefficient (Wildman–Crippen LogP) is 2.64. The van der Waals surface area contributed by atoms with Crippen LogP contribution in [0.3, 0.4) is 0 Å². The zero-order chi connectivity index (χ0) is 12.4. The maximum absolute atomic E-state index is 11.2. The zero-order valence-electron chi connectivity index (χ0n) is 8.98. The number of rotatable bonds is 2. The predicted molar refractivity (Wildman–Crippen MR) is 77.5 cm³/mol. The quantitative estimate of drug-likeness (QED) is 0.653. The number of nitrogen functional groups attached to an aromatic ring is 1. The topological polar surface area (TPSA) is 69.1 Å². The summed E-state index contributed by atoms with van der Waals surface area (Å²) >= 11 is 2.24. The van der Waals surface area contributed by atoms with Crippen molar-refractivity contribution in [2.24, 2.45) is 5.73 Å². The van der Waals surface area contributed by atoms with Gasteiger partial charge in [0, 0.05) is 9.13 Å². The molecule has 86 valence electrons. The first-order valence-corrected chi connectivity index (χ1v) is 6.12. The van der Waals surface area contributed by atoms with Crippen LogP contribution in [0.5, 0.6) is 0 Å². The van der Waals surface area contributed by atoms with Crippen LogP contribution in [0, 0.1) is 3.57 Å². The van der Waals surface area contributed by atoms with E-state index in [1.54, 1.807) is 12.1 Å². The van der Waals surface area contributed by atoms with Gasteiger partial charge in [0.2, 0.25) is 0 Å². The van der Waals surface area contributed by atoms with Gasteiger partial charge in [-0.1, -0.05) is 30.3 Å². The summed E-state index contributed by atoms with van der Waals surface area (Å²) in [5, 5.41) is 0. The van der Waals surface area contributed by atoms with E-state index in [2.05, 4.69) is 22.6 Å². The Balaban J connectivity index is 2.65. The maximum Gasteiger partial charge on any atom is 0.250 e. The molecule has 0 aliphatic heterocycles. The van der Waals surface area contributed by atoms with Crippen LogP contribution in [0.15, 0.2) is 42.5 Å². The molecule has 2 aromatic carbocycles. The van der Waals surface area contributed by atoms with E-state index < -0.39 is 5.91 Å². The molecular weight excluding hydrogens is 327 g/mol. The van der Waals surface area contributed by atoms with Gasteiger partial charge in [0.05, 0.1) is 11.3 Å². The van der Waals surface area contributed by atoms with Crippen molar-refractivity contribution in [3.63, 3.8) is 0 Å². The molecule has 0 aliphatic carbocycles. The second-order valence-electron chi connectivity index (χ2n) is 3.61. The van der Waals surface area contributed by atoms with Gasteiger partial charge in [-0.25, -0.2) is 0 Å². The summed E-state index contributed by atoms with van der Waals surface area (Å²) in [6.45, 7) is 0. The maximum atomic E-state index is 11.2. The molecule has 0 saturated carbocycles. The minimum atomic E-state index is -0.504. The molecule has 0 radical (unpaired) electrons. The van der Waals surface area contributed by atoms with Gasteiger partial charge in [-0.05, 0) is 40.3 Å². The molecule has 0 aliphatic rings. The number of carbonyl (C=O) groups is 1. The van der Waals surface area contributed by atoms with Crippen LogP contribution >= 0.6 is 22.6 Å². The Morgan fingerprint density at radius 3 is 2.29 bits per heavy atom. The van der Waals surface area contributed by atoms with Crippen molar-refractivity contribution in [3.8, 4) is 11.1 Å². The Bertz CT molecular complexity index is 581. The molecule has 0 unspecified atom stereocenters. The summed E-state index contributed by atoms with van der Waals surface area (Å²) in [5.74, 6) is -0.504. The Labute approximate surface area is 113 Å². The number of primary amides is 1. The van der Waals surface area contributed by atoms with Gasteiger partial charge < -0.3 is 11.5 Å². The third-order valence-corrected chi connectivity index (χ3v) is 3.48. The van der Waals surface area contributed by atoms with E-state index in [-0.39, 0.29) is 0 Å². The molecule has 0 spiro atoms. The molecule has 0 heterocycles. The molecule has 3 nitrogen and oxygen atoms in total. The molecule has 0 fully saturated rings. The highest BCUT2D eigenvalue weighted by Crippen LogP contribution is 2.31. The molecule has 0 bridgehead atoms. The van der Waals surface area contributed by atoms with E-state index in [1.165, 1.54) is 0 Å². The molecule has 2 aromatic rings. The summed E-state index contributed by atoms with van der Waals surface area (Å²) in [6, 6.07) is 13.2. The van der Waals surface area contributed by atoms with Crippen molar-refractivity contribution >= 4 is 34.2 Å². The lowest BCUT2D eigenvalue weighted by molar-refractivity contribution is 0.100. The number of benzene rings is 2. The van der Waals surface area contributed by atoms with Gasteiger partial charge in [-0.3, -0.25) is 4.79 Å². The molecule has 1 amide bonds. The fourth-order valence-corrected chi connectivity index (χ4v) is 2.37. The highest BCUT2D eigenvalue weighted by molar-refractivity contribution is 14.1. The second-order valence-corrected chi connectivity index (χ2v) is 4.77. The average Bonchev–Trinajstić information content (AvgIpc) is 2.30. The average molecular weight is 338 g/mol. The first-order valence-electron chi connectivity index (χ1n) is 5.04. The Morgan fingerprint density at radius 2 is 1.65 bits per heavy atom. The molecule has 17 heavy (non-hydrogen) atoms. The first-order chi connectivity index (χ1) is 8.11. The zero-order valence-corrected chi connectivity index (χ0v) is 11.1. The van der Waals surface area contributed by atoms with E-state index in [9.17, 15) is 4.79 Å². The van der Waals surface area contributed by atoms with Crippen molar-refractivity contribution in [2.75, 3.05) is 5.73 Å². The molecular formula is C13H11IN2O. The number of halogens is 1. The van der Waals surface area contributed by atoms with Crippen LogP contribution in [0.4, 0.5) is 5.69 Å². The molecule has 0 atom stereocenters. The number of carbonyl (C=O) groups excluding carboxylic acids is 1. The van der Waals surface area contributed by atoms with Gasteiger partial charge in [0.1, 0.15) is 0 Å². The van der Waals surface area contributed by atoms with Crippen LogP contribution in [0.1, 0.15) is 10.4 Å². The van der Waals surface area contributed by atoms with Crippen molar-refractivity contribution in [3.05, 3.63) is 51.6 Å². The molecule has 0 aromatic heterocycles. The summed E-state index contributed by atoms with van der Waals surface area (Å²) in [4.78, 5) is 11.2. The lowest BCUT2D eigenvalue weighted by Gasteiger charge is -2.10. The molecule has 2 rings (SSSR count). The third-order valence-electron chi connectivity index (χ3n) is 2.54. The third kappa shape index (κ3) is 2.26. The highest BCUT2D eigenvalue weighted by Gasteiger charge is 2.12. The molecule has 4 heteroatoms. The van der Waals surface area contributed by atoms with Crippen LogP contribution in [0.2, 0.25) is 0 Å². The number of hydrogen-bond donors (Lipinski definition) is 2. The first kappa shape index (κ1) is 11.9. The normalized spacial score (nSPS) is 10.2. The van der Waals surface area contributed by atoms with Gasteiger partial charge in [-0.2, -0.15) is 0 Å². The number of hydrogen-bond acceptors (Lipinski definition) is 2. The van der Waals surface area contributed by atoms with Gasteiger partial charge in [0.25, 0.3) is 5.91 Å². The lowest BCUT2D eigenvalue weighted by Crippen LogP contribution is -2.13.